The number of para-hydroxylation sites is 1. The largest absolute Gasteiger partial charge is 0.277 e. The van der Waals surface area contributed by atoms with Gasteiger partial charge in [-0.25, -0.2) is 0 Å². The van der Waals surface area contributed by atoms with Gasteiger partial charge in [-0.2, -0.15) is 10.4 Å². The summed E-state index contributed by atoms with van der Waals surface area (Å²) in [5, 5.41) is 12.1. The summed E-state index contributed by atoms with van der Waals surface area (Å²) in [5.41, 5.74) is 3.57. The van der Waals surface area contributed by atoms with Gasteiger partial charge < -0.3 is 0 Å². The highest BCUT2D eigenvalue weighted by molar-refractivity contribution is 9.18. The average molecular weight is 224 g/mol. The first-order chi connectivity index (χ1) is 5.83. The maximum atomic E-state index is 8.35. The van der Waals surface area contributed by atoms with Crippen LogP contribution in [0.2, 0.25) is 0 Å². The Morgan fingerprint density at radius 1 is 1.42 bits per heavy atom. The van der Waals surface area contributed by atoms with E-state index in [0.717, 1.165) is 5.69 Å². The maximum absolute atomic E-state index is 8.35. The Balaban J connectivity index is 2.61. The number of hydrogen-bond donors (Lipinski definition) is 1. The van der Waals surface area contributed by atoms with Crippen LogP contribution in [-0.2, 0) is 0 Å². The number of nitrogens with one attached hydrogen (secondary N) is 1. The predicted octanol–water partition coefficient (Wildman–Crippen LogP) is 2.33. The number of anilines is 1. The molecule has 1 N–H and O–H groups in total. The highest BCUT2D eigenvalue weighted by Crippen LogP contribution is 2.04. The molecular formula is C8H6BrN3. The average Bonchev–Trinajstić information content (AvgIpc) is 2.16. The molecule has 0 bridgehead atoms. The third kappa shape index (κ3) is 2.72. The third-order valence-corrected chi connectivity index (χ3v) is 1.50. The second-order valence-corrected chi connectivity index (χ2v) is 2.74. The van der Waals surface area contributed by atoms with E-state index in [0.29, 0.717) is 0 Å². The lowest BCUT2D eigenvalue weighted by Crippen LogP contribution is -1.90. The van der Waals surface area contributed by atoms with Crippen LogP contribution in [0.3, 0.4) is 0 Å². The van der Waals surface area contributed by atoms with Crippen molar-refractivity contribution in [1.29, 1.82) is 5.26 Å². The van der Waals surface area contributed by atoms with Crippen molar-refractivity contribution in [2.45, 2.75) is 0 Å². The molecule has 60 valence electrons. The zero-order valence-electron chi connectivity index (χ0n) is 6.16. The molecule has 0 aromatic heterocycles. The van der Waals surface area contributed by atoms with Crippen molar-refractivity contribution in [2.24, 2.45) is 5.10 Å². The van der Waals surface area contributed by atoms with Gasteiger partial charge in [0.1, 0.15) is 6.07 Å². The van der Waals surface area contributed by atoms with Gasteiger partial charge in [-0.3, -0.25) is 5.43 Å². The summed E-state index contributed by atoms with van der Waals surface area (Å²) < 4.78 is 0.228. The molecule has 0 radical (unpaired) electrons. The minimum Gasteiger partial charge on any atom is -0.277 e. The molecule has 0 heterocycles. The Hall–Kier alpha value is -1.34. The molecule has 0 aliphatic heterocycles. The highest BCUT2D eigenvalue weighted by Gasteiger charge is 1.88. The molecule has 1 aromatic rings. The first-order valence-corrected chi connectivity index (χ1v) is 4.06. The van der Waals surface area contributed by atoms with Crippen LogP contribution in [0.5, 0.6) is 0 Å². The van der Waals surface area contributed by atoms with Crippen molar-refractivity contribution in [1.82, 2.24) is 0 Å². The summed E-state index contributed by atoms with van der Waals surface area (Å²) in [6.07, 6.45) is 0. The molecule has 0 unspecified atom stereocenters. The Morgan fingerprint density at radius 3 is 2.67 bits per heavy atom. The molecule has 0 saturated heterocycles. The molecule has 1 aromatic carbocycles. The van der Waals surface area contributed by atoms with Crippen molar-refractivity contribution in [3.63, 3.8) is 0 Å². The SMILES string of the molecule is N#CC(Br)=NNc1ccccc1. The zero-order valence-corrected chi connectivity index (χ0v) is 7.75. The fourth-order valence-electron chi connectivity index (χ4n) is 0.651. The number of nitrogens with zero attached hydrogens (tertiary/aromatic N) is 2. The number of rotatable bonds is 2. The smallest absolute Gasteiger partial charge is 0.203 e. The first kappa shape index (κ1) is 8.75. The molecule has 0 spiro atoms. The van der Waals surface area contributed by atoms with Gasteiger partial charge >= 0.3 is 0 Å². The number of benzene rings is 1. The van der Waals surface area contributed by atoms with E-state index in [9.17, 15) is 0 Å². The lowest BCUT2D eigenvalue weighted by atomic mass is 10.3. The third-order valence-electron chi connectivity index (χ3n) is 1.15. The minimum absolute atomic E-state index is 0.228. The van der Waals surface area contributed by atoms with E-state index in [1.165, 1.54) is 0 Å². The van der Waals surface area contributed by atoms with E-state index >= 15 is 0 Å². The van der Waals surface area contributed by atoms with E-state index < -0.39 is 0 Å². The van der Waals surface area contributed by atoms with Crippen LogP contribution in [0.1, 0.15) is 0 Å². The Morgan fingerprint density at radius 2 is 2.08 bits per heavy atom. The van der Waals surface area contributed by atoms with E-state index in [2.05, 4.69) is 26.5 Å². The summed E-state index contributed by atoms with van der Waals surface area (Å²) >= 11 is 2.96. The standard InChI is InChI=1S/C8H6BrN3/c9-8(6-10)12-11-7-4-2-1-3-5-7/h1-5,11H. The number of hydrazone groups is 1. The quantitative estimate of drug-likeness (QED) is 0.619. The topological polar surface area (TPSA) is 48.2 Å². The molecule has 0 amide bonds. The van der Waals surface area contributed by atoms with Gasteiger partial charge in [0, 0.05) is 0 Å². The van der Waals surface area contributed by atoms with Gasteiger partial charge in [0.25, 0.3) is 0 Å². The Bertz CT molecular complexity index is 313. The van der Waals surface area contributed by atoms with E-state index in [4.69, 9.17) is 5.26 Å². The molecular weight excluding hydrogens is 218 g/mol. The summed E-state index contributed by atoms with van der Waals surface area (Å²) in [5.74, 6) is 0. The molecule has 1 rings (SSSR count). The fourth-order valence-corrected chi connectivity index (χ4v) is 0.740. The normalized spacial score (nSPS) is 10.5. The molecule has 4 heteroatoms. The van der Waals surface area contributed by atoms with Crippen LogP contribution in [0.25, 0.3) is 0 Å². The summed E-state index contributed by atoms with van der Waals surface area (Å²) in [4.78, 5) is 0. The molecule has 12 heavy (non-hydrogen) atoms. The van der Waals surface area contributed by atoms with Crippen molar-refractivity contribution < 1.29 is 0 Å². The zero-order chi connectivity index (χ0) is 8.81. The van der Waals surface area contributed by atoms with Crippen LogP contribution in [-0.4, -0.2) is 4.62 Å². The highest BCUT2D eigenvalue weighted by atomic mass is 79.9. The van der Waals surface area contributed by atoms with E-state index in [-0.39, 0.29) is 4.62 Å². The molecule has 0 aliphatic rings. The number of halogens is 1. The van der Waals surface area contributed by atoms with Crippen LogP contribution >= 0.6 is 15.9 Å². The van der Waals surface area contributed by atoms with Crippen molar-refractivity contribution in [3.8, 4) is 6.07 Å². The fraction of sp³-hybridized carbons (Fsp3) is 0. The van der Waals surface area contributed by atoms with Gasteiger partial charge in [-0.15, -0.1) is 0 Å². The van der Waals surface area contributed by atoms with Crippen LogP contribution in [0.15, 0.2) is 35.4 Å². The summed E-state index contributed by atoms with van der Waals surface area (Å²) in [6.45, 7) is 0. The van der Waals surface area contributed by atoms with Crippen molar-refractivity contribution >= 4 is 26.2 Å². The minimum atomic E-state index is 0.228. The lowest BCUT2D eigenvalue weighted by Gasteiger charge is -1.96. The molecule has 0 fully saturated rings. The summed E-state index contributed by atoms with van der Waals surface area (Å²) in [7, 11) is 0. The maximum Gasteiger partial charge on any atom is 0.203 e. The first-order valence-electron chi connectivity index (χ1n) is 3.27. The van der Waals surface area contributed by atoms with Gasteiger partial charge in [0.2, 0.25) is 4.62 Å². The lowest BCUT2D eigenvalue weighted by molar-refractivity contribution is 1.35. The number of nitriles is 1. The monoisotopic (exact) mass is 223 g/mol. The summed E-state index contributed by atoms with van der Waals surface area (Å²) in [6, 6.07) is 11.2. The van der Waals surface area contributed by atoms with Crippen molar-refractivity contribution in [3.05, 3.63) is 30.3 Å². The molecule has 0 saturated carbocycles. The van der Waals surface area contributed by atoms with Gasteiger partial charge in [0.15, 0.2) is 0 Å². The van der Waals surface area contributed by atoms with Crippen molar-refractivity contribution in [2.75, 3.05) is 5.43 Å². The number of hydrogen-bond acceptors (Lipinski definition) is 3. The molecule has 0 atom stereocenters. The van der Waals surface area contributed by atoms with Crippen LogP contribution in [0, 0.1) is 11.3 Å². The van der Waals surface area contributed by atoms with Gasteiger partial charge in [0.05, 0.1) is 5.69 Å². The Kier molecular flexibility index (Phi) is 3.30. The predicted molar refractivity (Wildman–Crippen MR) is 52.0 cm³/mol. The second-order valence-electron chi connectivity index (χ2n) is 1.99. The van der Waals surface area contributed by atoms with E-state index in [1.807, 2.05) is 36.4 Å². The molecule has 3 nitrogen and oxygen atoms in total. The Labute approximate surface area is 78.8 Å². The van der Waals surface area contributed by atoms with Crippen LogP contribution in [0.4, 0.5) is 5.69 Å². The second kappa shape index (κ2) is 4.52. The molecule has 0 aliphatic carbocycles. The van der Waals surface area contributed by atoms with E-state index in [1.54, 1.807) is 0 Å². The van der Waals surface area contributed by atoms with Gasteiger partial charge in [-0.1, -0.05) is 18.2 Å². The van der Waals surface area contributed by atoms with Gasteiger partial charge in [-0.05, 0) is 28.1 Å². The van der Waals surface area contributed by atoms with Crippen LogP contribution < -0.4 is 5.43 Å².